The first-order valence-corrected chi connectivity index (χ1v) is 5.90. The first-order valence-electron chi connectivity index (χ1n) is 5.90. The van der Waals surface area contributed by atoms with Crippen molar-refractivity contribution in [3.8, 4) is 11.6 Å². The van der Waals surface area contributed by atoms with Crippen LogP contribution in [0, 0.1) is 0 Å². The summed E-state index contributed by atoms with van der Waals surface area (Å²) in [6, 6.07) is 3.48. The molecule has 6 heteroatoms. The minimum atomic E-state index is -0.519. The van der Waals surface area contributed by atoms with Crippen molar-refractivity contribution in [1.82, 2.24) is 10.3 Å². The molecule has 0 aliphatic carbocycles. The molecule has 1 aromatic rings. The molecule has 1 amide bonds. The Hall–Kier alpha value is -1.98. The highest BCUT2D eigenvalue weighted by atomic mass is 16.6. The van der Waals surface area contributed by atoms with Gasteiger partial charge >= 0.3 is 6.09 Å². The van der Waals surface area contributed by atoms with E-state index in [0.29, 0.717) is 17.3 Å². The van der Waals surface area contributed by atoms with Crippen molar-refractivity contribution in [3.63, 3.8) is 0 Å². The predicted octanol–water partition coefficient (Wildman–Crippen LogP) is 2.12. The molecular formula is C13H20N2O4. The predicted molar refractivity (Wildman–Crippen MR) is 70.4 cm³/mol. The Balaban J connectivity index is 2.61. The molecule has 0 radical (unpaired) electrons. The van der Waals surface area contributed by atoms with Gasteiger partial charge in [0.05, 0.1) is 26.5 Å². The van der Waals surface area contributed by atoms with Gasteiger partial charge in [0.2, 0.25) is 0 Å². The van der Waals surface area contributed by atoms with Crippen LogP contribution in [0.5, 0.6) is 11.6 Å². The quantitative estimate of drug-likeness (QED) is 0.905. The Morgan fingerprint density at radius 1 is 1.26 bits per heavy atom. The molecule has 0 saturated heterocycles. The summed E-state index contributed by atoms with van der Waals surface area (Å²) in [5.74, 6) is 0.925. The summed E-state index contributed by atoms with van der Waals surface area (Å²) in [5, 5.41) is 2.62. The number of carbonyl (C=O) groups excluding carboxylic acids is 1. The summed E-state index contributed by atoms with van der Waals surface area (Å²) >= 11 is 0. The lowest BCUT2D eigenvalue weighted by Gasteiger charge is -2.19. The van der Waals surface area contributed by atoms with E-state index >= 15 is 0 Å². The topological polar surface area (TPSA) is 69.7 Å². The number of pyridine rings is 1. The number of aromatic nitrogens is 1. The van der Waals surface area contributed by atoms with Gasteiger partial charge in [0.25, 0.3) is 5.88 Å². The van der Waals surface area contributed by atoms with E-state index in [9.17, 15) is 4.79 Å². The molecule has 0 spiro atoms. The molecule has 0 aromatic carbocycles. The summed E-state index contributed by atoms with van der Waals surface area (Å²) in [7, 11) is 3.05. The molecule has 0 aliphatic rings. The normalized spacial score (nSPS) is 10.8. The highest BCUT2D eigenvalue weighted by molar-refractivity contribution is 5.67. The number of hydrogen-bond acceptors (Lipinski definition) is 5. The molecule has 106 valence electrons. The lowest BCUT2D eigenvalue weighted by molar-refractivity contribution is 0.0523. The van der Waals surface area contributed by atoms with E-state index in [1.165, 1.54) is 14.2 Å². The van der Waals surface area contributed by atoms with Crippen molar-refractivity contribution < 1.29 is 19.0 Å². The molecule has 19 heavy (non-hydrogen) atoms. The molecule has 0 aliphatic heterocycles. The third-order valence-corrected chi connectivity index (χ3v) is 2.11. The highest BCUT2D eigenvalue weighted by Gasteiger charge is 2.16. The second-order valence-electron chi connectivity index (χ2n) is 4.87. The monoisotopic (exact) mass is 268 g/mol. The Bertz CT molecular complexity index is 441. The first kappa shape index (κ1) is 15.1. The van der Waals surface area contributed by atoms with Crippen molar-refractivity contribution >= 4 is 6.09 Å². The Morgan fingerprint density at radius 3 is 2.47 bits per heavy atom. The van der Waals surface area contributed by atoms with E-state index in [0.717, 1.165) is 0 Å². The molecule has 0 saturated carbocycles. The fourth-order valence-electron chi connectivity index (χ4n) is 1.34. The lowest BCUT2D eigenvalue weighted by atomic mass is 10.2. The van der Waals surface area contributed by atoms with Crippen LogP contribution < -0.4 is 14.8 Å². The van der Waals surface area contributed by atoms with Gasteiger partial charge in [-0.15, -0.1) is 0 Å². The van der Waals surface area contributed by atoms with Gasteiger partial charge in [0.1, 0.15) is 5.60 Å². The maximum absolute atomic E-state index is 11.5. The number of ether oxygens (including phenoxy) is 3. The third kappa shape index (κ3) is 5.03. The summed E-state index contributed by atoms with van der Waals surface area (Å²) < 4.78 is 15.3. The van der Waals surface area contributed by atoms with Crippen LogP contribution in [-0.4, -0.2) is 30.9 Å². The minimum absolute atomic E-state index is 0.259. The zero-order valence-corrected chi connectivity index (χ0v) is 11.9. The van der Waals surface area contributed by atoms with E-state index in [2.05, 4.69) is 10.3 Å². The number of carbonyl (C=O) groups is 1. The van der Waals surface area contributed by atoms with Gasteiger partial charge in [-0.1, -0.05) is 0 Å². The van der Waals surface area contributed by atoms with Gasteiger partial charge in [0.15, 0.2) is 5.75 Å². The van der Waals surface area contributed by atoms with Crippen molar-refractivity contribution in [2.45, 2.75) is 32.9 Å². The zero-order chi connectivity index (χ0) is 14.5. The van der Waals surface area contributed by atoms with Crippen molar-refractivity contribution in [3.05, 3.63) is 17.8 Å². The third-order valence-electron chi connectivity index (χ3n) is 2.11. The summed E-state index contributed by atoms with van der Waals surface area (Å²) in [4.78, 5) is 15.7. The fourth-order valence-corrected chi connectivity index (χ4v) is 1.34. The molecule has 0 bridgehead atoms. The number of alkyl carbamates (subject to hydrolysis) is 1. The standard InChI is InChI=1S/C13H20N2O4/c1-13(2,3)19-12(16)14-8-9-6-7-10(17-4)11(15-9)18-5/h6-7H,8H2,1-5H3,(H,14,16). The number of nitrogens with zero attached hydrogens (tertiary/aromatic N) is 1. The Morgan fingerprint density at radius 2 is 1.95 bits per heavy atom. The number of methoxy groups -OCH3 is 2. The van der Waals surface area contributed by atoms with Gasteiger partial charge in [-0.3, -0.25) is 0 Å². The van der Waals surface area contributed by atoms with Crippen LogP contribution in [0.4, 0.5) is 4.79 Å². The van der Waals surface area contributed by atoms with Crippen LogP contribution in [0.3, 0.4) is 0 Å². The number of rotatable bonds is 4. The zero-order valence-electron chi connectivity index (χ0n) is 11.9. The molecule has 0 atom stereocenters. The molecule has 6 nitrogen and oxygen atoms in total. The van der Waals surface area contributed by atoms with Gasteiger partial charge in [-0.2, -0.15) is 0 Å². The molecule has 0 fully saturated rings. The van der Waals surface area contributed by atoms with E-state index in [1.54, 1.807) is 32.9 Å². The molecule has 1 N–H and O–H groups in total. The fraction of sp³-hybridized carbons (Fsp3) is 0.538. The van der Waals surface area contributed by atoms with Crippen LogP contribution in [0.2, 0.25) is 0 Å². The maximum Gasteiger partial charge on any atom is 0.407 e. The van der Waals surface area contributed by atoms with Gasteiger partial charge in [-0.05, 0) is 32.9 Å². The molecule has 1 heterocycles. The van der Waals surface area contributed by atoms with Crippen LogP contribution >= 0.6 is 0 Å². The van der Waals surface area contributed by atoms with Crippen LogP contribution in [0.1, 0.15) is 26.5 Å². The summed E-state index contributed by atoms with van der Waals surface area (Å²) in [6.07, 6.45) is -0.482. The average molecular weight is 268 g/mol. The van der Waals surface area contributed by atoms with Crippen LogP contribution in [-0.2, 0) is 11.3 Å². The van der Waals surface area contributed by atoms with Gasteiger partial charge < -0.3 is 19.5 Å². The van der Waals surface area contributed by atoms with E-state index in [1.807, 2.05) is 0 Å². The van der Waals surface area contributed by atoms with E-state index in [-0.39, 0.29) is 6.54 Å². The lowest BCUT2D eigenvalue weighted by Crippen LogP contribution is -2.32. The number of nitrogens with one attached hydrogen (secondary N) is 1. The molecule has 1 aromatic heterocycles. The second-order valence-corrected chi connectivity index (χ2v) is 4.87. The molecular weight excluding hydrogens is 248 g/mol. The Kier molecular flexibility index (Phi) is 4.97. The molecule has 1 rings (SSSR count). The second kappa shape index (κ2) is 6.26. The number of hydrogen-bond donors (Lipinski definition) is 1. The average Bonchev–Trinajstić information content (AvgIpc) is 2.33. The van der Waals surface area contributed by atoms with Gasteiger partial charge in [0, 0.05) is 0 Å². The van der Waals surface area contributed by atoms with Crippen LogP contribution in [0.15, 0.2) is 12.1 Å². The first-order chi connectivity index (χ1) is 8.85. The largest absolute Gasteiger partial charge is 0.491 e. The summed E-state index contributed by atoms with van der Waals surface area (Å²) in [5.41, 5.74) is 0.137. The summed E-state index contributed by atoms with van der Waals surface area (Å²) in [6.45, 7) is 5.68. The van der Waals surface area contributed by atoms with Gasteiger partial charge in [-0.25, -0.2) is 9.78 Å². The Labute approximate surface area is 113 Å². The number of amides is 1. The maximum atomic E-state index is 11.5. The molecule has 0 unspecified atom stereocenters. The van der Waals surface area contributed by atoms with E-state index in [4.69, 9.17) is 14.2 Å². The van der Waals surface area contributed by atoms with Crippen molar-refractivity contribution in [2.24, 2.45) is 0 Å². The van der Waals surface area contributed by atoms with Crippen LogP contribution in [0.25, 0.3) is 0 Å². The van der Waals surface area contributed by atoms with E-state index < -0.39 is 11.7 Å². The van der Waals surface area contributed by atoms with Crippen molar-refractivity contribution in [2.75, 3.05) is 14.2 Å². The smallest absolute Gasteiger partial charge is 0.407 e. The highest BCUT2D eigenvalue weighted by Crippen LogP contribution is 2.23. The SMILES string of the molecule is COc1ccc(CNC(=O)OC(C)(C)C)nc1OC. The minimum Gasteiger partial charge on any atom is -0.491 e. The van der Waals surface area contributed by atoms with Crippen molar-refractivity contribution in [1.29, 1.82) is 0 Å².